The molecule has 0 saturated heterocycles. The molecular formula is C17H24BrN3. The summed E-state index contributed by atoms with van der Waals surface area (Å²) < 4.78 is 3.24. The lowest BCUT2D eigenvalue weighted by Gasteiger charge is -2.21. The van der Waals surface area contributed by atoms with E-state index in [1.165, 1.54) is 16.8 Å². The third-order valence-corrected chi connectivity index (χ3v) is 3.93. The molecule has 1 heterocycles. The SMILES string of the molecule is CCCNC(c1cc(C)cc(Br)c1)c1ccnn1CCC. The van der Waals surface area contributed by atoms with E-state index in [0.717, 1.165) is 30.4 Å². The molecule has 3 nitrogen and oxygen atoms in total. The Bertz CT molecular complexity index is 557. The van der Waals surface area contributed by atoms with E-state index in [1.807, 2.05) is 6.20 Å². The highest BCUT2D eigenvalue weighted by molar-refractivity contribution is 9.10. The summed E-state index contributed by atoms with van der Waals surface area (Å²) in [7, 11) is 0. The van der Waals surface area contributed by atoms with Crippen molar-refractivity contribution >= 4 is 15.9 Å². The summed E-state index contributed by atoms with van der Waals surface area (Å²) in [6.45, 7) is 8.46. The molecule has 4 heteroatoms. The van der Waals surface area contributed by atoms with E-state index in [4.69, 9.17) is 0 Å². The zero-order valence-corrected chi connectivity index (χ0v) is 14.7. The maximum Gasteiger partial charge on any atom is 0.0748 e. The van der Waals surface area contributed by atoms with Crippen LogP contribution in [0.2, 0.25) is 0 Å². The average Bonchev–Trinajstić information content (AvgIpc) is 2.87. The number of nitrogens with one attached hydrogen (secondary N) is 1. The topological polar surface area (TPSA) is 29.9 Å². The fourth-order valence-electron chi connectivity index (χ4n) is 2.60. The first-order chi connectivity index (χ1) is 10.2. The van der Waals surface area contributed by atoms with Crippen LogP contribution in [0.3, 0.4) is 0 Å². The Morgan fingerprint density at radius 1 is 1.24 bits per heavy atom. The van der Waals surface area contributed by atoms with Crippen molar-refractivity contribution in [2.75, 3.05) is 6.54 Å². The number of halogens is 1. The molecule has 0 amide bonds. The van der Waals surface area contributed by atoms with Gasteiger partial charge in [0.25, 0.3) is 0 Å². The molecule has 0 spiro atoms. The number of aromatic nitrogens is 2. The third kappa shape index (κ3) is 4.17. The first-order valence-electron chi connectivity index (χ1n) is 7.67. The number of hydrogen-bond donors (Lipinski definition) is 1. The predicted molar refractivity (Wildman–Crippen MR) is 91.5 cm³/mol. The summed E-state index contributed by atoms with van der Waals surface area (Å²) in [5, 5.41) is 8.13. The van der Waals surface area contributed by atoms with Crippen LogP contribution in [0.1, 0.15) is 49.6 Å². The second-order valence-electron chi connectivity index (χ2n) is 5.43. The van der Waals surface area contributed by atoms with E-state index in [0.29, 0.717) is 0 Å². The van der Waals surface area contributed by atoms with Crippen LogP contribution < -0.4 is 5.32 Å². The van der Waals surface area contributed by atoms with Crippen molar-refractivity contribution in [1.82, 2.24) is 15.1 Å². The average molecular weight is 350 g/mol. The molecule has 0 aliphatic carbocycles. The highest BCUT2D eigenvalue weighted by atomic mass is 79.9. The zero-order valence-electron chi connectivity index (χ0n) is 13.1. The van der Waals surface area contributed by atoms with Crippen LogP contribution in [0.25, 0.3) is 0 Å². The summed E-state index contributed by atoms with van der Waals surface area (Å²) in [4.78, 5) is 0. The molecule has 1 aromatic carbocycles. The molecule has 114 valence electrons. The normalized spacial score (nSPS) is 12.6. The first kappa shape index (κ1) is 16.2. The van der Waals surface area contributed by atoms with E-state index in [1.54, 1.807) is 0 Å². The molecule has 2 rings (SSSR count). The molecule has 1 unspecified atom stereocenters. The van der Waals surface area contributed by atoms with E-state index in [2.05, 4.69) is 76.1 Å². The third-order valence-electron chi connectivity index (χ3n) is 3.48. The van der Waals surface area contributed by atoms with Crippen LogP contribution in [0.4, 0.5) is 0 Å². The molecule has 1 N–H and O–H groups in total. The maximum absolute atomic E-state index is 4.47. The summed E-state index contributed by atoms with van der Waals surface area (Å²) in [6.07, 6.45) is 4.11. The van der Waals surface area contributed by atoms with Crippen LogP contribution in [0.15, 0.2) is 34.9 Å². The lowest BCUT2D eigenvalue weighted by Crippen LogP contribution is -2.26. The Kier molecular flexibility index (Phi) is 6.00. The van der Waals surface area contributed by atoms with E-state index < -0.39 is 0 Å². The second kappa shape index (κ2) is 7.76. The van der Waals surface area contributed by atoms with Crippen LogP contribution >= 0.6 is 15.9 Å². The van der Waals surface area contributed by atoms with Gasteiger partial charge in [0, 0.05) is 17.2 Å². The molecule has 0 fully saturated rings. The zero-order chi connectivity index (χ0) is 15.2. The van der Waals surface area contributed by atoms with Crippen molar-refractivity contribution in [1.29, 1.82) is 0 Å². The number of aryl methyl sites for hydroxylation is 2. The lowest BCUT2D eigenvalue weighted by atomic mass is 10.0. The minimum absolute atomic E-state index is 0.190. The van der Waals surface area contributed by atoms with Gasteiger partial charge in [-0.3, -0.25) is 4.68 Å². The van der Waals surface area contributed by atoms with Crippen molar-refractivity contribution in [3.05, 3.63) is 51.8 Å². The van der Waals surface area contributed by atoms with E-state index >= 15 is 0 Å². The molecule has 1 aromatic heterocycles. The van der Waals surface area contributed by atoms with Gasteiger partial charge in [-0.15, -0.1) is 0 Å². The highest BCUT2D eigenvalue weighted by Crippen LogP contribution is 2.26. The molecule has 1 atom stereocenters. The standard InChI is InChI=1S/C17H24BrN3/c1-4-7-19-17(14-10-13(3)11-15(18)12-14)16-6-8-20-21(16)9-5-2/h6,8,10-12,17,19H,4-5,7,9H2,1-3H3. The number of rotatable bonds is 7. The smallest absolute Gasteiger partial charge is 0.0748 e. The van der Waals surface area contributed by atoms with Gasteiger partial charge in [-0.2, -0.15) is 5.10 Å². The van der Waals surface area contributed by atoms with E-state index in [9.17, 15) is 0 Å². The quantitative estimate of drug-likeness (QED) is 0.799. The van der Waals surface area contributed by atoms with Gasteiger partial charge in [-0.1, -0.05) is 35.8 Å². The molecule has 0 aliphatic rings. The fraction of sp³-hybridized carbons (Fsp3) is 0.471. The first-order valence-corrected chi connectivity index (χ1v) is 8.47. The van der Waals surface area contributed by atoms with Crippen molar-refractivity contribution in [2.45, 2.75) is 46.2 Å². The molecule has 2 aromatic rings. The maximum atomic E-state index is 4.47. The van der Waals surface area contributed by atoms with Crippen molar-refractivity contribution in [3.63, 3.8) is 0 Å². The minimum atomic E-state index is 0.190. The Balaban J connectivity index is 2.39. The number of hydrogen-bond acceptors (Lipinski definition) is 2. The van der Waals surface area contributed by atoms with Crippen LogP contribution in [-0.4, -0.2) is 16.3 Å². The minimum Gasteiger partial charge on any atom is -0.305 e. The molecular weight excluding hydrogens is 326 g/mol. The lowest BCUT2D eigenvalue weighted by molar-refractivity contribution is 0.511. The van der Waals surface area contributed by atoms with Gasteiger partial charge in [0.1, 0.15) is 0 Å². The predicted octanol–water partition coefficient (Wildman–Crippen LogP) is 4.45. The second-order valence-corrected chi connectivity index (χ2v) is 6.34. The van der Waals surface area contributed by atoms with Crippen LogP contribution in [0.5, 0.6) is 0 Å². The molecule has 0 saturated carbocycles. The van der Waals surface area contributed by atoms with Gasteiger partial charge in [0.2, 0.25) is 0 Å². The van der Waals surface area contributed by atoms with Gasteiger partial charge in [-0.25, -0.2) is 0 Å². The molecule has 21 heavy (non-hydrogen) atoms. The Hall–Kier alpha value is -1.13. The van der Waals surface area contributed by atoms with Crippen LogP contribution in [-0.2, 0) is 6.54 Å². The summed E-state index contributed by atoms with van der Waals surface area (Å²) in [5.41, 5.74) is 3.79. The summed E-state index contributed by atoms with van der Waals surface area (Å²) in [6, 6.07) is 8.91. The fourth-order valence-corrected chi connectivity index (χ4v) is 3.23. The van der Waals surface area contributed by atoms with Gasteiger partial charge >= 0.3 is 0 Å². The van der Waals surface area contributed by atoms with Gasteiger partial charge in [0.05, 0.1) is 11.7 Å². The van der Waals surface area contributed by atoms with Gasteiger partial charge in [0.15, 0.2) is 0 Å². The molecule has 0 bridgehead atoms. The Labute approximate surface area is 135 Å². The van der Waals surface area contributed by atoms with Gasteiger partial charge < -0.3 is 5.32 Å². The largest absolute Gasteiger partial charge is 0.305 e. The van der Waals surface area contributed by atoms with Crippen LogP contribution in [0, 0.1) is 6.92 Å². The highest BCUT2D eigenvalue weighted by Gasteiger charge is 2.18. The summed E-state index contributed by atoms with van der Waals surface area (Å²) in [5.74, 6) is 0. The number of nitrogens with zero attached hydrogens (tertiary/aromatic N) is 2. The van der Waals surface area contributed by atoms with Gasteiger partial charge in [-0.05, 0) is 55.6 Å². The monoisotopic (exact) mass is 349 g/mol. The van der Waals surface area contributed by atoms with Crippen molar-refractivity contribution in [3.8, 4) is 0 Å². The van der Waals surface area contributed by atoms with E-state index in [-0.39, 0.29) is 6.04 Å². The Morgan fingerprint density at radius 2 is 2.05 bits per heavy atom. The number of benzene rings is 1. The van der Waals surface area contributed by atoms with Crippen molar-refractivity contribution in [2.24, 2.45) is 0 Å². The molecule has 0 aliphatic heterocycles. The van der Waals surface area contributed by atoms with Crippen molar-refractivity contribution < 1.29 is 0 Å². The Morgan fingerprint density at radius 3 is 2.71 bits per heavy atom. The molecule has 0 radical (unpaired) electrons. The summed E-state index contributed by atoms with van der Waals surface area (Å²) >= 11 is 3.61.